The number of nitrogens with zero attached hydrogens (tertiary/aromatic N) is 3. The van der Waals surface area contributed by atoms with Gasteiger partial charge in [0, 0.05) is 44.0 Å². The van der Waals surface area contributed by atoms with E-state index < -0.39 is 5.60 Å². The Balaban J connectivity index is 1.98. The van der Waals surface area contributed by atoms with Crippen LogP contribution < -0.4 is 5.73 Å². The lowest BCUT2D eigenvalue weighted by Gasteiger charge is -2.24. The minimum Gasteiger partial charge on any atom is -0.444 e. The van der Waals surface area contributed by atoms with E-state index in [4.69, 9.17) is 10.5 Å². The predicted molar refractivity (Wildman–Crippen MR) is 76.4 cm³/mol. The molecule has 0 aromatic carbocycles. The molecule has 1 fully saturated rings. The van der Waals surface area contributed by atoms with Crippen molar-refractivity contribution in [2.45, 2.75) is 45.3 Å². The highest BCUT2D eigenvalue weighted by atomic mass is 16.6. The summed E-state index contributed by atoms with van der Waals surface area (Å²) in [6.45, 7) is 8.42. The number of rotatable bonds is 3. The highest BCUT2D eigenvalue weighted by Crippen LogP contribution is 2.28. The molecular formula is C14H24N4O2. The molecule has 2 N–H and O–H groups in total. The Morgan fingerprint density at radius 1 is 1.55 bits per heavy atom. The number of nitrogens with two attached hydrogens (primary N) is 1. The van der Waals surface area contributed by atoms with Gasteiger partial charge in [-0.15, -0.1) is 0 Å². The van der Waals surface area contributed by atoms with Crippen LogP contribution in [0.1, 0.15) is 38.8 Å². The summed E-state index contributed by atoms with van der Waals surface area (Å²) in [5, 5.41) is 0. The molecule has 0 saturated carbocycles. The fraction of sp³-hybridized carbons (Fsp3) is 0.714. The molecule has 6 heteroatoms. The summed E-state index contributed by atoms with van der Waals surface area (Å²) in [5.74, 6) is 0.316. The van der Waals surface area contributed by atoms with E-state index in [-0.39, 0.29) is 6.09 Å². The molecule has 1 aromatic heterocycles. The molecular weight excluding hydrogens is 256 g/mol. The number of hydrogen-bond donors (Lipinski definition) is 1. The van der Waals surface area contributed by atoms with Gasteiger partial charge in [0.2, 0.25) is 0 Å². The smallest absolute Gasteiger partial charge is 0.410 e. The first-order valence-electron chi connectivity index (χ1n) is 7.08. The number of aromatic nitrogens is 2. The Hall–Kier alpha value is -1.56. The molecule has 1 saturated heterocycles. The van der Waals surface area contributed by atoms with E-state index in [2.05, 4.69) is 9.55 Å². The van der Waals surface area contributed by atoms with Gasteiger partial charge in [-0.05, 0) is 27.2 Å². The number of amides is 1. The van der Waals surface area contributed by atoms with Crippen molar-refractivity contribution in [2.75, 3.05) is 19.6 Å². The quantitative estimate of drug-likeness (QED) is 0.912. The zero-order chi connectivity index (χ0) is 14.8. The highest BCUT2D eigenvalue weighted by molar-refractivity contribution is 5.68. The summed E-state index contributed by atoms with van der Waals surface area (Å²) in [6.07, 6.45) is 4.39. The fourth-order valence-corrected chi connectivity index (χ4v) is 2.49. The molecule has 20 heavy (non-hydrogen) atoms. The third kappa shape index (κ3) is 3.50. The highest BCUT2D eigenvalue weighted by Gasteiger charge is 2.31. The zero-order valence-corrected chi connectivity index (χ0v) is 12.5. The van der Waals surface area contributed by atoms with Crippen LogP contribution in [0.3, 0.4) is 0 Å². The third-order valence-corrected chi connectivity index (χ3v) is 3.37. The molecule has 112 valence electrons. The first-order chi connectivity index (χ1) is 9.40. The van der Waals surface area contributed by atoms with Gasteiger partial charge in [-0.25, -0.2) is 9.78 Å². The molecule has 0 bridgehead atoms. The van der Waals surface area contributed by atoms with Crippen LogP contribution >= 0.6 is 0 Å². The van der Waals surface area contributed by atoms with Crippen LogP contribution in [-0.2, 0) is 11.3 Å². The van der Waals surface area contributed by atoms with Gasteiger partial charge in [-0.3, -0.25) is 0 Å². The zero-order valence-electron chi connectivity index (χ0n) is 12.5. The molecule has 6 nitrogen and oxygen atoms in total. The minimum atomic E-state index is -0.448. The lowest BCUT2D eigenvalue weighted by Crippen LogP contribution is -2.35. The lowest BCUT2D eigenvalue weighted by atomic mass is 10.1. The van der Waals surface area contributed by atoms with Crippen LogP contribution in [0.25, 0.3) is 0 Å². The Morgan fingerprint density at radius 3 is 2.95 bits per heavy atom. The van der Waals surface area contributed by atoms with Gasteiger partial charge in [0.05, 0.1) is 6.33 Å². The molecule has 1 aliphatic heterocycles. The van der Waals surface area contributed by atoms with E-state index in [0.717, 1.165) is 25.2 Å². The second-order valence-corrected chi connectivity index (χ2v) is 6.21. The Morgan fingerprint density at radius 2 is 2.30 bits per heavy atom. The van der Waals surface area contributed by atoms with Gasteiger partial charge in [-0.2, -0.15) is 0 Å². The third-order valence-electron chi connectivity index (χ3n) is 3.37. The van der Waals surface area contributed by atoms with Crippen molar-refractivity contribution in [3.63, 3.8) is 0 Å². The van der Waals surface area contributed by atoms with Gasteiger partial charge in [-0.1, -0.05) is 0 Å². The van der Waals surface area contributed by atoms with Crippen LogP contribution in [0.4, 0.5) is 4.79 Å². The Bertz CT molecular complexity index is 464. The topological polar surface area (TPSA) is 73.4 Å². The van der Waals surface area contributed by atoms with E-state index in [1.54, 1.807) is 11.2 Å². The van der Waals surface area contributed by atoms with Gasteiger partial charge in [0.25, 0.3) is 0 Å². The molecule has 2 heterocycles. The average molecular weight is 280 g/mol. The summed E-state index contributed by atoms with van der Waals surface area (Å²) in [6, 6.07) is 0. The molecule has 1 aromatic rings. The number of ether oxygens (including phenoxy) is 1. The molecule has 0 aliphatic carbocycles. The van der Waals surface area contributed by atoms with E-state index in [1.165, 1.54) is 0 Å². The molecule has 1 atom stereocenters. The summed E-state index contributed by atoms with van der Waals surface area (Å²) in [4.78, 5) is 18.0. The summed E-state index contributed by atoms with van der Waals surface area (Å²) >= 11 is 0. The number of carbonyl (C=O) groups is 1. The van der Waals surface area contributed by atoms with Gasteiger partial charge < -0.3 is 19.9 Å². The first-order valence-corrected chi connectivity index (χ1v) is 7.08. The van der Waals surface area contributed by atoms with Crippen molar-refractivity contribution >= 4 is 6.09 Å². The number of carbonyl (C=O) groups excluding carboxylic acids is 1. The fourth-order valence-electron chi connectivity index (χ4n) is 2.49. The second-order valence-electron chi connectivity index (χ2n) is 6.21. The van der Waals surface area contributed by atoms with Crippen molar-refractivity contribution in [2.24, 2.45) is 5.73 Å². The van der Waals surface area contributed by atoms with Crippen molar-refractivity contribution < 1.29 is 9.53 Å². The molecule has 2 rings (SSSR count). The summed E-state index contributed by atoms with van der Waals surface area (Å²) in [5.41, 5.74) is 6.31. The minimum absolute atomic E-state index is 0.232. The largest absolute Gasteiger partial charge is 0.444 e. The summed E-state index contributed by atoms with van der Waals surface area (Å²) in [7, 11) is 0. The van der Waals surface area contributed by atoms with Crippen molar-refractivity contribution in [1.29, 1.82) is 0 Å². The molecule has 0 spiro atoms. The number of hydrogen-bond acceptors (Lipinski definition) is 4. The summed E-state index contributed by atoms with van der Waals surface area (Å²) < 4.78 is 7.48. The Kier molecular flexibility index (Phi) is 4.32. The van der Waals surface area contributed by atoms with Gasteiger partial charge >= 0.3 is 6.09 Å². The SMILES string of the molecule is CC(C)(C)OC(=O)N1CCC(c2cncn2CCN)C1. The average Bonchev–Trinajstić information content (AvgIpc) is 2.94. The predicted octanol–water partition coefficient (Wildman–Crippen LogP) is 1.57. The van der Waals surface area contributed by atoms with Gasteiger partial charge in [0.15, 0.2) is 0 Å². The second kappa shape index (κ2) is 5.83. The normalized spacial score (nSPS) is 19.4. The van der Waals surface area contributed by atoms with Crippen LogP contribution in [0.5, 0.6) is 0 Å². The number of likely N-dealkylation sites (tertiary alicyclic amines) is 1. The standard InChI is InChI=1S/C14H24N4O2/c1-14(2,3)20-13(19)17-6-4-11(9-17)12-8-16-10-18(12)7-5-15/h8,10-11H,4-7,9,15H2,1-3H3. The first kappa shape index (κ1) is 14.8. The maximum absolute atomic E-state index is 12.0. The molecule has 0 radical (unpaired) electrons. The number of imidazole rings is 1. The Labute approximate surface area is 119 Å². The van der Waals surface area contributed by atoms with Crippen LogP contribution in [0.2, 0.25) is 0 Å². The molecule has 1 unspecified atom stereocenters. The maximum atomic E-state index is 12.0. The van der Waals surface area contributed by atoms with Crippen LogP contribution in [0, 0.1) is 0 Å². The monoisotopic (exact) mass is 280 g/mol. The van der Waals surface area contributed by atoms with E-state index in [9.17, 15) is 4.79 Å². The van der Waals surface area contributed by atoms with Crippen LogP contribution in [0.15, 0.2) is 12.5 Å². The van der Waals surface area contributed by atoms with E-state index in [0.29, 0.717) is 19.0 Å². The molecule has 1 amide bonds. The van der Waals surface area contributed by atoms with Crippen molar-refractivity contribution in [1.82, 2.24) is 14.5 Å². The van der Waals surface area contributed by atoms with E-state index in [1.807, 2.05) is 27.0 Å². The van der Waals surface area contributed by atoms with E-state index >= 15 is 0 Å². The molecule has 1 aliphatic rings. The van der Waals surface area contributed by atoms with Crippen molar-refractivity contribution in [3.8, 4) is 0 Å². The van der Waals surface area contributed by atoms with Crippen molar-refractivity contribution in [3.05, 3.63) is 18.2 Å². The maximum Gasteiger partial charge on any atom is 0.410 e. The lowest BCUT2D eigenvalue weighted by molar-refractivity contribution is 0.0292. The van der Waals surface area contributed by atoms with Crippen LogP contribution in [-0.4, -0.2) is 45.8 Å². The van der Waals surface area contributed by atoms with Gasteiger partial charge in [0.1, 0.15) is 5.60 Å².